The first kappa shape index (κ1) is 8.85. The zero-order valence-electron chi connectivity index (χ0n) is 7.33. The maximum Gasteiger partial charge on any atom is 0.0751 e. The molecule has 0 amide bonds. The average molecular weight is 162 g/mol. The second-order valence-electron chi connectivity index (χ2n) is 2.91. The molecule has 0 saturated carbocycles. The van der Waals surface area contributed by atoms with Crippen LogP contribution in [0.1, 0.15) is 17.5 Å². The first-order valence-corrected chi connectivity index (χ1v) is 4.17. The molecule has 12 heavy (non-hydrogen) atoms. The number of aliphatic hydroxyl groups is 1. The highest BCUT2D eigenvalue weighted by molar-refractivity contribution is 5.21. The molecule has 64 valence electrons. The third-order valence-electron chi connectivity index (χ3n) is 1.83. The van der Waals surface area contributed by atoms with Crippen molar-refractivity contribution in [2.75, 3.05) is 0 Å². The van der Waals surface area contributed by atoms with E-state index in [0.717, 1.165) is 19.1 Å². The third kappa shape index (κ3) is 2.79. The Kier molecular flexibility index (Phi) is 3.39. The summed E-state index contributed by atoms with van der Waals surface area (Å²) in [6.07, 6.45) is 4.77. The predicted octanol–water partition coefficient (Wildman–Crippen LogP) is 3.00. The van der Waals surface area contributed by atoms with Crippen LogP contribution in [0.25, 0.3) is 0 Å². The SMILES string of the molecule is Cc1ccc(CCC=CO)cc1. The van der Waals surface area contributed by atoms with Crippen molar-refractivity contribution < 1.29 is 5.11 Å². The first-order valence-electron chi connectivity index (χ1n) is 4.17. The monoisotopic (exact) mass is 162 g/mol. The van der Waals surface area contributed by atoms with E-state index >= 15 is 0 Å². The van der Waals surface area contributed by atoms with Gasteiger partial charge < -0.3 is 5.11 Å². The highest BCUT2D eigenvalue weighted by Crippen LogP contribution is 2.05. The van der Waals surface area contributed by atoms with Crippen molar-refractivity contribution in [2.45, 2.75) is 19.8 Å². The van der Waals surface area contributed by atoms with Crippen LogP contribution in [0.4, 0.5) is 0 Å². The number of rotatable bonds is 3. The van der Waals surface area contributed by atoms with E-state index in [1.54, 1.807) is 6.08 Å². The molecule has 1 heteroatoms. The van der Waals surface area contributed by atoms with Crippen LogP contribution in [0.15, 0.2) is 36.6 Å². The number of hydrogen-bond donors (Lipinski definition) is 1. The van der Waals surface area contributed by atoms with Crippen LogP contribution in [0, 0.1) is 6.92 Å². The molecule has 1 N–H and O–H groups in total. The normalized spacial score (nSPS) is 10.8. The van der Waals surface area contributed by atoms with Gasteiger partial charge in [-0.15, -0.1) is 0 Å². The molecule has 0 spiro atoms. The molecule has 1 rings (SSSR count). The largest absolute Gasteiger partial charge is 0.516 e. The molecule has 0 aliphatic carbocycles. The summed E-state index contributed by atoms with van der Waals surface area (Å²) in [6.45, 7) is 2.08. The van der Waals surface area contributed by atoms with Gasteiger partial charge >= 0.3 is 0 Å². The number of aliphatic hydroxyl groups excluding tert-OH is 1. The molecule has 0 heterocycles. The van der Waals surface area contributed by atoms with Gasteiger partial charge in [0.25, 0.3) is 0 Å². The minimum atomic E-state index is 0.902. The molecule has 0 radical (unpaired) electrons. The Labute approximate surface area is 73.4 Å². The van der Waals surface area contributed by atoms with E-state index in [0.29, 0.717) is 0 Å². The van der Waals surface area contributed by atoms with Gasteiger partial charge in [-0.25, -0.2) is 0 Å². The lowest BCUT2D eigenvalue weighted by atomic mass is 10.1. The van der Waals surface area contributed by atoms with Crippen molar-refractivity contribution in [1.82, 2.24) is 0 Å². The van der Waals surface area contributed by atoms with Gasteiger partial charge in [-0.05, 0) is 31.4 Å². The number of aryl methyl sites for hydroxylation is 2. The lowest BCUT2D eigenvalue weighted by molar-refractivity contribution is 0.470. The molecule has 0 aromatic heterocycles. The summed E-state index contributed by atoms with van der Waals surface area (Å²) in [5.41, 5.74) is 2.61. The number of hydrogen-bond acceptors (Lipinski definition) is 1. The van der Waals surface area contributed by atoms with Gasteiger partial charge in [0, 0.05) is 0 Å². The fourth-order valence-corrected chi connectivity index (χ4v) is 1.08. The maximum atomic E-state index is 8.41. The Hall–Kier alpha value is -1.24. The van der Waals surface area contributed by atoms with Gasteiger partial charge in [-0.3, -0.25) is 0 Å². The van der Waals surface area contributed by atoms with Gasteiger partial charge in [0.1, 0.15) is 0 Å². The van der Waals surface area contributed by atoms with Crippen LogP contribution in [0.2, 0.25) is 0 Å². The fourth-order valence-electron chi connectivity index (χ4n) is 1.08. The van der Waals surface area contributed by atoms with E-state index in [2.05, 4.69) is 31.2 Å². The maximum absolute atomic E-state index is 8.41. The van der Waals surface area contributed by atoms with Crippen LogP contribution >= 0.6 is 0 Å². The molecule has 0 bridgehead atoms. The summed E-state index contributed by atoms with van der Waals surface area (Å²) < 4.78 is 0. The van der Waals surface area contributed by atoms with Crippen LogP contribution < -0.4 is 0 Å². The topological polar surface area (TPSA) is 20.2 Å². The van der Waals surface area contributed by atoms with Gasteiger partial charge in [0.05, 0.1) is 6.26 Å². The summed E-state index contributed by atoms with van der Waals surface area (Å²) >= 11 is 0. The first-order chi connectivity index (χ1) is 5.83. The zero-order valence-corrected chi connectivity index (χ0v) is 7.33. The van der Waals surface area contributed by atoms with E-state index < -0.39 is 0 Å². The number of benzene rings is 1. The molecule has 1 aromatic carbocycles. The van der Waals surface area contributed by atoms with Crippen molar-refractivity contribution in [1.29, 1.82) is 0 Å². The molecular formula is C11H14O. The Morgan fingerprint density at radius 1 is 1.25 bits per heavy atom. The zero-order chi connectivity index (χ0) is 8.81. The highest BCUT2D eigenvalue weighted by Gasteiger charge is 1.89. The summed E-state index contributed by atoms with van der Waals surface area (Å²) in [5.74, 6) is 0. The average Bonchev–Trinajstić information content (AvgIpc) is 2.09. The standard InChI is InChI=1S/C11H14O/c1-10-5-7-11(8-6-10)4-2-3-9-12/h3,5-9,12H,2,4H2,1H3. The van der Waals surface area contributed by atoms with Crippen molar-refractivity contribution in [3.63, 3.8) is 0 Å². The highest BCUT2D eigenvalue weighted by atomic mass is 16.2. The van der Waals surface area contributed by atoms with E-state index in [9.17, 15) is 0 Å². The summed E-state index contributed by atoms with van der Waals surface area (Å²) in [5, 5.41) is 8.41. The Morgan fingerprint density at radius 3 is 2.50 bits per heavy atom. The molecule has 0 unspecified atom stereocenters. The molecule has 0 atom stereocenters. The van der Waals surface area contributed by atoms with E-state index in [1.807, 2.05) is 0 Å². The van der Waals surface area contributed by atoms with Gasteiger partial charge in [-0.1, -0.05) is 29.8 Å². The second-order valence-corrected chi connectivity index (χ2v) is 2.91. The fraction of sp³-hybridized carbons (Fsp3) is 0.273. The van der Waals surface area contributed by atoms with Crippen molar-refractivity contribution in [3.05, 3.63) is 47.7 Å². The summed E-state index contributed by atoms with van der Waals surface area (Å²) in [6, 6.07) is 8.47. The second kappa shape index (κ2) is 4.60. The van der Waals surface area contributed by atoms with Crippen LogP contribution in [0.3, 0.4) is 0 Å². The van der Waals surface area contributed by atoms with Gasteiger partial charge in [-0.2, -0.15) is 0 Å². The molecule has 0 aliphatic rings. The molecule has 0 aliphatic heterocycles. The Morgan fingerprint density at radius 2 is 1.92 bits per heavy atom. The Balaban J connectivity index is 2.47. The van der Waals surface area contributed by atoms with Crippen molar-refractivity contribution in [2.24, 2.45) is 0 Å². The van der Waals surface area contributed by atoms with Crippen molar-refractivity contribution >= 4 is 0 Å². The molecule has 1 nitrogen and oxygen atoms in total. The minimum Gasteiger partial charge on any atom is -0.516 e. The summed E-state index contributed by atoms with van der Waals surface area (Å²) in [4.78, 5) is 0. The van der Waals surface area contributed by atoms with Gasteiger partial charge in [0.2, 0.25) is 0 Å². The number of allylic oxidation sites excluding steroid dienone is 1. The lowest BCUT2D eigenvalue weighted by Crippen LogP contribution is -1.82. The minimum absolute atomic E-state index is 0.902. The predicted molar refractivity (Wildman–Crippen MR) is 51.3 cm³/mol. The van der Waals surface area contributed by atoms with E-state index in [4.69, 9.17) is 5.11 Å². The van der Waals surface area contributed by atoms with Crippen LogP contribution in [-0.2, 0) is 6.42 Å². The third-order valence-corrected chi connectivity index (χ3v) is 1.83. The van der Waals surface area contributed by atoms with E-state index in [-0.39, 0.29) is 0 Å². The lowest BCUT2D eigenvalue weighted by Gasteiger charge is -1.97. The molecular weight excluding hydrogens is 148 g/mol. The Bertz CT molecular complexity index is 246. The molecule has 0 fully saturated rings. The van der Waals surface area contributed by atoms with E-state index in [1.165, 1.54) is 11.1 Å². The smallest absolute Gasteiger partial charge is 0.0751 e. The van der Waals surface area contributed by atoms with Crippen molar-refractivity contribution in [3.8, 4) is 0 Å². The van der Waals surface area contributed by atoms with Crippen LogP contribution in [-0.4, -0.2) is 5.11 Å². The summed E-state index contributed by atoms with van der Waals surface area (Å²) in [7, 11) is 0. The van der Waals surface area contributed by atoms with Crippen LogP contribution in [0.5, 0.6) is 0 Å². The quantitative estimate of drug-likeness (QED) is 0.677. The molecule has 0 saturated heterocycles. The van der Waals surface area contributed by atoms with Gasteiger partial charge in [0.15, 0.2) is 0 Å². The molecule has 1 aromatic rings.